The van der Waals surface area contributed by atoms with E-state index in [-0.39, 0.29) is 11.7 Å². The van der Waals surface area contributed by atoms with E-state index in [1.165, 1.54) is 19.3 Å². The Morgan fingerprint density at radius 1 is 1.57 bits per heavy atom. The van der Waals surface area contributed by atoms with E-state index in [0.29, 0.717) is 0 Å². The third-order valence-electron chi connectivity index (χ3n) is 3.54. The molecule has 0 N–H and O–H groups in total. The molecule has 0 amide bonds. The monoisotopic (exact) mass is 193 g/mol. The SMILES string of the molecule is CC(C)CC1CCCC2(C1)OC2C#N. The van der Waals surface area contributed by atoms with Gasteiger partial charge in [0.2, 0.25) is 0 Å². The number of rotatable bonds is 2. The molecule has 0 bridgehead atoms. The van der Waals surface area contributed by atoms with Gasteiger partial charge in [-0.3, -0.25) is 0 Å². The summed E-state index contributed by atoms with van der Waals surface area (Å²) in [4.78, 5) is 0. The van der Waals surface area contributed by atoms with Crippen molar-refractivity contribution in [3.05, 3.63) is 0 Å². The lowest BCUT2D eigenvalue weighted by Crippen LogP contribution is -2.25. The summed E-state index contributed by atoms with van der Waals surface area (Å²) in [5.74, 6) is 1.57. The molecule has 78 valence electrons. The smallest absolute Gasteiger partial charge is 0.173 e. The molecule has 3 atom stereocenters. The van der Waals surface area contributed by atoms with Crippen LogP contribution >= 0.6 is 0 Å². The third-order valence-corrected chi connectivity index (χ3v) is 3.54. The Hall–Kier alpha value is -0.550. The molecule has 2 heteroatoms. The van der Waals surface area contributed by atoms with Crippen molar-refractivity contribution in [2.75, 3.05) is 0 Å². The first-order valence-electron chi connectivity index (χ1n) is 5.74. The first-order chi connectivity index (χ1) is 6.66. The molecule has 2 fully saturated rings. The van der Waals surface area contributed by atoms with Crippen LogP contribution in [0.1, 0.15) is 46.0 Å². The van der Waals surface area contributed by atoms with Crippen molar-refractivity contribution in [3.8, 4) is 6.07 Å². The molecule has 14 heavy (non-hydrogen) atoms. The highest BCUT2D eigenvalue weighted by Crippen LogP contribution is 2.50. The molecule has 2 aliphatic rings. The van der Waals surface area contributed by atoms with Crippen molar-refractivity contribution >= 4 is 0 Å². The summed E-state index contributed by atoms with van der Waals surface area (Å²) in [6, 6.07) is 2.25. The van der Waals surface area contributed by atoms with Crippen LogP contribution in [-0.2, 0) is 4.74 Å². The second kappa shape index (κ2) is 3.55. The van der Waals surface area contributed by atoms with Gasteiger partial charge in [0.25, 0.3) is 0 Å². The van der Waals surface area contributed by atoms with E-state index in [1.54, 1.807) is 0 Å². The van der Waals surface area contributed by atoms with E-state index in [0.717, 1.165) is 24.7 Å². The van der Waals surface area contributed by atoms with E-state index >= 15 is 0 Å². The summed E-state index contributed by atoms with van der Waals surface area (Å²) in [6.45, 7) is 4.55. The Kier molecular flexibility index (Phi) is 2.53. The first kappa shape index (κ1) is 9.98. The van der Waals surface area contributed by atoms with Gasteiger partial charge in [0.15, 0.2) is 6.10 Å². The van der Waals surface area contributed by atoms with E-state index in [4.69, 9.17) is 10.00 Å². The summed E-state index contributed by atoms with van der Waals surface area (Å²) in [5.41, 5.74) is -0.00738. The largest absolute Gasteiger partial charge is 0.350 e. The molecular weight excluding hydrogens is 174 g/mol. The Balaban J connectivity index is 1.90. The fraction of sp³-hybridized carbons (Fsp3) is 0.917. The molecule has 1 aliphatic heterocycles. The minimum atomic E-state index is -0.0857. The predicted octanol–water partition coefficient (Wildman–Crippen LogP) is 2.88. The van der Waals surface area contributed by atoms with Gasteiger partial charge >= 0.3 is 0 Å². The van der Waals surface area contributed by atoms with Gasteiger partial charge in [0.1, 0.15) is 5.60 Å². The molecule has 1 saturated heterocycles. The maximum absolute atomic E-state index is 8.82. The maximum atomic E-state index is 8.82. The van der Waals surface area contributed by atoms with Crippen molar-refractivity contribution in [2.24, 2.45) is 11.8 Å². The van der Waals surface area contributed by atoms with E-state index in [2.05, 4.69) is 19.9 Å². The number of hydrogen-bond acceptors (Lipinski definition) is 2. The van der Waals surface area contributed by atoms with E-state index in [9.17, 15) is 0 Å². The molecule has 1 aliphatic carbocycles. The van der Waals surface area contributed by atoms with Crippen molar-refractivity contribution < 1.29 is 4.74 Å². The lowest BCUT2D eigenvalue weighted by atomic mass is 9.76. The van der Waals surface area contributed by atoms with Crippen LogP contribution in [0.2, 0.25) is 0 Å². The number of nitriles is 1. The summed E-state index contributed by atoms with van der Waals surface area (Å²) in [7, 11) is 0. The highest BCUT2D eigenvalue weighted by atomic mass is 16.6. The molecular formula is C12H19NO. The third kappa shape index (κ3) is 1.79. The molecule has 1 heterocycles. The summed E-state index contributed by atoms with van der Waals surface area (Å²) < 4.78 is 5.55. The second-order valence-electron chi connectivity index (χ2n) is 5.28. The van der Waals surface area contributed by atoms with Crippen molar-refractivity contribution in [1.82, 2.24) is 0 Å². The highest BCUT2D eigenvalue weighted by molar-refractivity contribution is 5.15. The zero-order valence-corrected chi connectivity index (χ0v) is 9.12. The van der Waals surface area contributed by atoms with Gasteiger partial charge in [0, 0.05) is 0 Å². The van der Waals surface area contributed by atoms with Crippen LogP contribution in [-0.4, -0.2) is 11.7 Å². The fourth-order valence-corrected chi connectivity index (χ4v) is 2.94. The molecule has 0 aromatic carbocycles. The van der Waals surface area contributed by atoms with Crippen LogP contribution in [0, 0.1) is 23.2 Å². The van der Waals surface area contributed by atoms with Crippen molar-refractivity contribution in [2.45, 2.75) is 57.7 Å². The first-order valence-corrected chi connectivity index (χ1v) is 5.74. The Morgan fingerprint density at radius 2 is 2.36 bits per heavy atom. The molecule has 3 unspecified atom stereocenters. The second-order valence-corrected chi connectivity index (χ2v) is 5.28. The standard InChI is InChI=1S/C12H19NO/c1-9(2)6-10-4-3-5-12(7-10)11(8-13)14-12/h9-11H,3-7H2,1-2H3. The quantitative estimate of drug-likeness (QED) is 0.632. The van der Waals surface area contributed by atoms with Gasteiger partial charge in [-0.1, -0.05) is 26.7 Å². The van der Waals surface area contributed by atoms with Crippen LogP contribution in [0.5, 0.6) is 0 Å². The fourth-order valence-electron chi connectivity index (χ4n) is 2.94. The zero-order valence-electron chi connectivity index (χ0n) is 9.12. The lowest BCUT2D eigenvalue weighted by molar-refractivity contribution is 0.175. The summed E-state index contributed by atoms with van der Waals surface area (Å²) in [5, 5.41) is 8.82. The van der Waals surface area contributed by atoms with Crippen LogP contribution < -0.4 is 0 Å². The normalized spacial score (nSPS) is 41.3. The number of epoxide rings is 1. The average molecular weight is 193 g/mol. The van der Waals surface area contributed by atoms with Crippen LogP contribution in [0.25, 0.3) is 0 Å². The highest BCUT2D eigenvalue weighted by Gasteiger charge is 2.58. The van der Waals surface area contributed by atoms with Gasteiger partial charge in [-0.25, -0.2) is 0 Å². The molecule has 1 spiro atoms. The molecule has 2 rings (SSSR count). The summed E-state index contributed by atoms with van der Waals surface area (Å²) >= 11 is 0. The maximum Gasteiger partial charge on any atom is 0.173 e. The minimum absolute atomic E-state index is 0.00738. The van der Waals surface area contributed by atoms with Crippen LogP contribution in [0.3, 0.4) is 0 Å². The Morgan fingerprint density at radius 3 is 2.93 bits per heavy atom. The molecule has 0 aromatic rings. The van der Waals surface area contributed by atoms with E-state index in [1.807, 2.05) is 0 Å². The van der Waals surface area contributed by atoms with Crippen molar-refractivity contribution in [1.29, 1.82) is 5.26 Å². The minimum Gasteiger partial charge on any atom is -0.350 e. The molecule has 1 saturated carbocycles. The van der Waals surface area contributed by atoms with Crippen LogP contribution in [0.15, 0.2) is 0 Å². The Bertz CT molecular complexity index is 256. The molecule has 0 aromatic heterocycles. The topological polar surface area (TPSA) is 36.3 Å². The number of hydrogen-bond donors (Lipinski definition) is 0. The lowest BCUT2D eigenvalue weighted by Gasteiger charge is -2.28. The van der Waals surface area contributed by atoms with Gasteiger partial charge in [-0.15, -0.1) is 0 Å². The van der Waals surface area contributed by atoms with Gasteiger partial charge in [-0.05, 0) is 31.1 Å². The zero-order chi connectivity index (χ0) is 10.2. The number of ether oxygens (including phenoxy) is 1. The predicted molar refractivity (Wildman–Crippen MR) is 54.6 cm³/mol. The van der Waals surface area contributed by atoms with E-state index < -0.39 is 0 Å². The number of nitrogens with zero attached hydrogens (tertiary/aromatic N) is 1. The van der Waals surface area contributed by atoms with Gasteiger partial charge in [0.05, 0.1) is 6.07 Å². The van der Waals surface area contributed by atoms with Crippen LogP contribution in [0.4, 0.5) is 0 Å². The molecule has 0 radical (unpaired) electrons. The van der Waals surface area contributed by atoms with Gasteiger partial charge < -0.3 is 4.74 Å². The summed E-state index contributed by atoms with van der Waals surface area (Å²) in [6.07, 6.45) is 6.03. The van der Waals surface area contributed by atoms with Gasteiger partial charge in [-0.2, -0.15) is 5.26 Å². The van der Waals surface area contributed by atoms with Crippen molar-refractivity contribution in [3.63, 3.8) is 0 Å². The molecule has 2 nitrogen and oxygen atoms in total. The average Bonchev–Trinajstić information content (AvgIpc) is 2.77. The Labute approximate surface area is 86.2 Å².